The van der Waals surface area contributed by atoms with Crippen LogP contribution in [-0.2, 0) is 19.6 Å². The van der Waals surface area contributed by atoms with Crippen LogP contribution in [0.2, 0.25) is 0 Å². The number of rotatable bonds is 5. The molecule has 0 aliphatic carbocycles. The van der Waals surface area contributed by atoms with Gasteiger partial charge in [0.15, 0.2) is 6.61 Å². The van der Waals surface area contributed by atoms with Crippen molar-refractivity contribution in [3.8, 4) is 5.75 Å². The number of carboxylic acids is 1. The number of nitrogens with zero attached hydrogens (tertiary/aromatic N) is 2. The number of sulfonamides is 1. The van der Waals surface area contributed by atoms with E-state index in [1.165, 1.54) is 22.5 Å². The molecule has 0 spiro atoms. The van der Waals surface area contributed by atoms with Gasteiger partial charge < -0.3 is 9.84 Å². The molecular formula is C24H20N2O6S2. The Hall–Kier alpha value is -3.50. The summed E-state index contributed by atoms with van der Waals surface area (Å²) in [6.07, 6.45) is 0. The first-order valence-corrected chi connectivity index (χ1v) is 12.9. The van der Waals surface area contributed by atoms with E-state index in [4.69, 9.17) is 4.74 Å². The Bertz CT molecular complexity index is 1380. The summed E-state index contributed by atoms with van der Waals surface area (Å²) >= 11 is 1.59. The number of aliphatic carboxylic acids is 1. The molecule has 0 aromatic heterocycles. The van der Waals surface area contributed by atoms with Crippen molar-refractivity contribution < 1.29 is 27.9 Å². The quantitative estimate of drug-likeness (QED) is 0.576. The smallest absolute Gasteiger partial charge is 0.323 e. The zero-order valence-corrected chi connectivity index (χ0v) is 19.5. The SMILES string of the molecule is O=C(O)CN1C(=O)COc2ccc(S(=O)(=O)N3c4ccccc4SC[C@@H]3c3ccccc3)cc21. The Morgan fingerprint density at radius 1 is 1.03 bits per heavy atom. The van der Waals surface area contributed by atoms with Gasteiger partial charge in [-0.15, -0.1) is 11.8 Å². The highest BCUT2D eigenvalue weighted by molar-refractivity contribution is 8.00. The number of hydrogen-bond acceptors (Lipinski definition) is 6. The molecule has 34 heavy (non-hydrogen) atoms. The number of para-hydroxylation sites is 1. The molecule has 1 amide bonds. The highest BCUT2D eigenvalue weighted by Crippen LogP contribution is 2.46. The largest absolute Gasteiger partial charge is 0.482 e. The number of ether oxygens (including phenoxy) is 1. The molecule has 0 saturated heterocycles. The van der Waals surface area contributed by atoms with Gasteiger partial charge in [-0.1, -0.05) is 42.5 Å². The summed E-state index contributed by atoms with van der Waals surface area (Å²) in [4.78, 5) is 25.5. The van der Waals surface area contributed by atoms with Crippen LogP contribution in [0, 0.1) is 0 Å². The Morgan fingerprint density at radius 3 is 2.53 bits per heavy atom. The third kappa shape index (κ3) is 3.88. The maximum Gasteiger partial charge on any atom is 0.323 e. The molecular weight excluding hydrogens is 476 g/mol. The lowest BCUT2D eigenvalue weighted by Gasteiger charge is -2.38. The van der Waals surface area contributed by atoms with E-state index < -0.39 is 34.5 Å². The lowest BCUT2D eigenvalue weighted by Crippen LogP contribution is -2.42. The number of carbonyl (C=O) groups is 2. The summed E-state index contributed by atoms with van der Waals surface area (Å²) in [6, 6.07) is 20.5. The zero-order chi connectivity index (χ0) is 23.9. The van der Waals surface area contributed by atoms with Gasteiger partial charge in [0.25, 0.3) is 15.9 Å². The molecule has 3 aromatic rings. The first-order chi connectivity index (χ1) is 16.4. The van der Waals surface area contributed by atoms with Crippen LogP contribution < -0.4 is 13.9 Å². The molecule has 0 fully saturated rings. The number of amides is 1. The van der Waals surface area contributed by atoms with E-state index >= 15 is 0 Å². The van der Waals surface area contributed by atoms with Crippen molar-refractivity contribution in [2.75, 3.05) is 28.1 Å². The standard InChI is InChI=1S/C24H20N2O6S2/c27-23-14-32-21-11-10-17(12-19(21)25(23)13-24(28)29)34(30,31)26-18-8-4-5-9-22(18)33-15-20(26)16-6-2-1-3-7-16/h1-12,20H,13-15H2,(H,28,29)/t20-/m1/s1. The number of carboxylic acid groups (broad SMARTS) is 1. The van der Waals surface area contributed by atoms with E-state index in [1.54, 1.807) is 23.9 Å². The molecule has 1 atom stereocenters. The molecule has 174 valence electrons. The van der Waals surface area contributed by atoms with Gasteiger partial charge in [-0.05, 0) is 35.9 Å². The Kier molecular flexibility index (Phi) is 5.70. The van der Waals surface area contributed by atoms with Gasteiger partial charge in [0.2, 0.25) is 0 Å². The molecule has 3 aromatic carbocycles. The second kappa shape index (κ2) is 8.69. The van der Waals surface area contributed by atoms with Crippen LogP contribution >= 0.6 is 11.8 Å². The average molecular weight is 497 g/mol. The molecule has 1 N–H and O–H groups in total. The van der Waals surface area contributed by atoms with Gasteiger partial charge in [0.1, 0.15) is 12.3 Å². The number of hydrogen-bond donors (Lipinski definition) is 1. The fourth-order valence-electron chi connectivity index (χ4n) is 4.13. The highest BCUT2D eigenvalue weighted by Gasteiger charge is 2.38. The molecule has 0 saturated carbocycles. The molecule has 2 aliphatic rings. The maximum atomic E-state index is 14.1. The minimum atomic E-state index is -4.10. The summed E-state index contributed by atoms with van der Waals surface area (Å²) < 4.78 is 35.0. The topological polar surface area (TPSA) is 104 Å². The van der Waals surface area contributed by atoms with Gasteiger partial charge in [0, 0.05) is 10.6 Å². The summed E-state index contributed by atoms with van der Waals surface area (Å²) in [5.74, 6) is -0.973. The van der Waals surface area contributed by atoms with Crippen LogP contribution in [0.25, 0.3) is 0 Å². The summed E-state index contributed by atoms with van der Waals surface area (Å²) in [5, 5.41) is 9.25. The van der Waals surface area contributed by atoms with Crippen LogP contribution in [0.5, 0.6) is 5.75 Å². The van der Waals surface area contributed by atoms with Gasteiger partial charge in [-0.3, -0.25) is 18.8 Å². The fraction of sp³-hybridized carbons (Fsp3) is 0.167. The number of anilines is 2. The zero-order valence-electron chi connectivity index (χ0n) is 17.8. The summed E-state index contributed by atoms with van der Waals surface area (Å²) in [5.41, 5.74) is 1.55. The number of thioether (sulfide) groups is 1. The van der Waals surface area contributed by atoms with Crippen LogP contribution in [0.3, 0.4) is 0 Å². The van der Waals surface area contributed by atoms with Crippen molar-refractivity contribution in [3.05, 3.63) is 78.4 Å². The highest BCUT2D eigenvalue weighted by atomic mass is 32.2. The molecule has 0 bridgehead atoms. The Balaban J connectivity index is 1.64. The minimum absolute atomic E-state index is 0.0532. The van der Waals surface area contributed by atoms with E-state index in [0.717, 1.165) is 15.4 Å². The van der Waals surface area contributed by atoms with Gasteiger partial charge >= 0.3 is 5.97 Å². The van der Waals surface area contributed by atoms with Crippen molar-refractivity contribution in [1.29, 1.82) is 0 Å². The summed E-state index contributed by atoms with van der Waals surface area (Å²) in [6.45, 7) is -0.895. The molecule has 2 heterocycles. The number of carbonyl (C=O) groups excluding carboxylic acids is 1. The molecule has 0 unspecified atom stereocenters. The number of fused-ring (bicyclic) bond motifs is 2. The van der Waals surface area contributed by atoms with E-state index in [0.29, 0.717) is 11.4 Å². The van der Waals surface area contributed by atoms with Crippen LogP contribution in [-0.4, -0.2) is 44.3 Å². The van der Waals surface area contributed by atoms with Crippen molar-refractivity contribution in [2.45, 2.75) is 15.8 Å². The van der Waals surface area contributed by atoms with Crippen molar-refractivity contribution in [3.63, 3.8) is 0 Å². The van der Waals surface area contributed by atoms with Crippen molar-refractivity contribution >= 4 is 45.0 Å². The monoisotopic (exact) mass is 496 g/mol. The van der Waals surface area contributed by atoms with Crippen LogP contribution in [0.15, 0.2) is 82.6 Å². The minimum Gasteiger partial charge on any atom is -0.482 e. The Labute approximate surface area is 200 Å². The lowest BCUT2D eigenvalue weighted by molar-refractivity contribution is -0.137. The average Bonchev–Trinajstić information content (AvgIpc) is 2.85. The maximum absolute atomic E-state index is 14.1. The Morgan fingerprint density at radius 2 is 1.76 bits per heavy atom. The molecule has 8 nitrogen and oxygen atoms in total. The van der Waals surface area contributed by atoms with E-state index in [9.17, 15) is 23.1 Å². The molecule has 10 heteroatoms. The first kappa shape index (κ1) is 22.3. The third-order valence-electron chi connectivity index (χ3n) is 5.69. The molecule has 0 radical (unpaired) electrons. The van der Waals surface area contributed by atoms with Gasteiger partial charge in [0.05, 0.1) is 22.3 Å². The second-order valence-electron chi connectivity index (χ2n) is 7.80. The predicted octanol–water partition coefficient (Wildman–Crippen LogP) is 3.54. The number of benzene rings is 3. The van der Waals surface area contributed by atoms with Crippen LogP contribution in [0.1, 0.15) is 11.6 Å². The first-order valence-electron chi connectivity index (χ1n) is 10.5. The van der Waals surface area contributed by atoms with E-state index in [2.05, 4.69) is 0 Å². The normalized spacial score (nSPS) is 17.5. The van der Waals surface area contributed by atoms with Crippen LogP contribution in [0.4, 0.5) is 11.4 Å². The third-order valence-corrected chi connectivity index (χ3v) is 8.65. The van der Waals surface area contributed by atoms with E-state index in [-0.39, 0.29) is 22.9 Å². The van der Waals surface area contributed by atoms with E-state index in [1.807, 2.05) is 42.5 Å². The molecule has 2 aliphatic heterocycles. The predicted molar refractivity (Wildman–Crippen MR) is 128 cm³/mol. The second-order valence-corrected chi connectivity index (χ2v) is 10.7. The van der Waals surface area contributed by atoms with Gasteiger partial charge in [-0.25, -0.2) is 8.42 Å². The lowest BCUT2D eigenvalue weighted by atomic mass is 10.1. The fourth-order valence-corrected chi connectivity index (χ4v) is 7.13. The summed E-state index contributed by atoms with van der Waals surface area (Å²) in [7, 11) is -4.10. The molecule has 5 rings (SSSR count). The van der Waals surface area contributed by atoms with Crippen molar-refractivity contribution in [1.82, 2.24) is 0 Å². The van der Waals surface area contributed by atoms with Gasteiger partial charge in [-0.2, -0.15) is 0 Å². The van der Waals surface area contributed by atoms with Crippen molar-refractivity contribution in [2.24, 2.45) is 0 Å².